The molecular formula is C12H14N2O3. The van der Waals surface area contributed by atoms with Crippen LogP contribution in [0.2, 0.25) is 0 Å². The Morgan fingerprint density at radius 3 is 3.00 bits per heavy atom. The quantitative estimate of drug-likeness (QED) is 0.352. The van der Waals surface area contributed by atoms with Gasteiger partial charge in [0.05, 0.1) is 0 Å². The normalized spacial score (nSPS) is 11.7. The van der Waals surface area contributed by atoms with Gasteiger partial charge in [-0.15, -0.1) is 0 Å². The number of carboxylic acid groups (broad SMARTS) is 1. The van der Waals surface area contributed by atoms with Crippen LogP contribution in [0.15, 0.2) is 35.5 Å². The lowest BCUT2D eigenvalue weighted by molar-refractivity contribution is -0.129. The van der Waals surface area contributed by atoms with Crippen molar-refractivity contribution < 1.29 is 14.7 Å². The van der Waals surface area contributed by atoms with E-state index in [4.69, 9.17) is 15.7 Å². The van der Waals surface area contributed by atoms with Gasteiger partial charge in [0.2, 0.25) is 0 Å². The minimum absolute atomic E-state index is 0.0812. The zero-order valence-electron chi connectivity index (χ0n) is 9.46. The third-order valence-electron chi connectivity index (χ3n) is 1.90. The van der Waals surface area contributed by atoms with Crippen molar-refractivity contribution in [3.63, 3.8) is 0 Å². The first-order valence-electron chi connectivity index (χ1n) is 5.01. The van der Waals surface area contributed by atoms with Crippen molar-refractivity contribution in [2.45, 2.75) is 6.92 Å². The second kappa shape index (κ2) is 6.32. The summed E-state index contributed by atoms with van der Waals surface area (Å²) in [6.45, 7) is 1.57. The van der Waals surface area contributed by atoms with E-state index in [1.54, 1.807) is 12.1 Å². The Balaban J connectivity index is 2.41. The van der Waals surface area contributed by atoms with E-state index in [0.29, 0.717) is 5.69 Å². The number of benzene rings is 1. The van der Waals surface area contributed by atoms with Gasteiger partial charge in [-0.1, -0.05) is 23.4 Å². The summed E-state index contributed by atoms with van der Waals surface area (Å²) in [6, 6.07) is 7.37. The van der Waals surface area contributed by atoms with Crippen LogP contribution in [0.1, 0.15) is 12.5 Å². The Hall–Kier alpha value is -2.30. The summed E-state index contributed by atoms with van der Waals surface area (Å²) in [5, 5.41) is 11.9. The van der Waals surface area contributed by atoms with E-state index >= 15 is 0 Å². The molecule has 0 aromatic heterocycles. The molecule has 0 saturated carbocycles. The van der Waals surface area contributed by atoms with Crippen molar-refractivity contribution in [3.8, 4) is 0 Å². The highest BCUT2D eigenvalue weighted by Gasteiger charge is 2.00. The number of anilines is 1. The van der Waals surface area contributed by atoms with Crippen LogP contribution in [0.5, 0.6) is 0 Å². The average Bonchev–Trinajstić information content (AvgIpc) is 2.28. The van der Waals surface area contributed by atoms with E-state index in [2.05, 4.69) is 5.16 Å². The molecule has 0 spiro atoms. The largest absolute Gasteiger partial charge is 0.477 e. The molecule has 0 radical (unpaired) electrons. The number of nitrogens with two attached hydrogens (primary N) is 1. The number of oxime groups is 1. The highest BCUT2D eigenvalue weighted by atomic mass is 16.6. The van der Waals surface area contributed by atoms with Crippen LogP contribution < -0.4 is 5.73 Å². The molecule has 1 rings (SSSR count). The predicted molar refractivity (Wildman–Crippen MR) is 66.6 cm³/mol. The SMILES string of the molecule is C/C(=N/OC/C=C/c1cccc(N)c1)C(=O)O. The molecule has 5 nitrogen and oxygen atoms in total. The molecule has 0 aliphatic carbocycles. The minimum Gasteiger partial charge on any atom is -0.477 e. The first kappa shape index (κ1) is 12.8. The monoisotopic (exact) mass is 234 g/mol. The summed E-state index contributed by atoms with van der Waals surface area (Å²) >= 11 is 0. The summed E-state index contributed by atoms with van der Waals surface area (Å²) in [7, 11) is 0. The van der Waals surface area contributed by atoms with Gasteiger partial charge < -0.3 is 15.7 Å². The standard InChI is InChI=1S/C12H14N2O3/c1-9(12(15)16)14-17-7-3-5-10-4-2-6-11(13)8-10/h2-6,8H,7,13H2,1H3,(H,15,16)/b5-3+,14-9-. The molecule has 0 aliphatic rings. The first-order chi connectivity index (χ1) is 8.09. The number of carbonyl (C=O) groups is 1. The first-order valence-corrected chi connectivity index (χ1v) is 5.01. The molecule has 0 amide bonds. The van der Waals surface area contributed by atoms with Crippen LogP contribution >= 0.6 is 0 Å². The summed E-state index contributed by atoms with van der Waals surface area (Å²) < 4.78 is 0. The maximum atomic E-state index is 10.4. The zero-order chi connectivity index (χ0) is 12.7. The van der Waals surface area contributed by atoms with Crippen LogP contribution in [-0.2, 0) is 9.63 Å². The fraction of sp³-hybridized carbons (Fsp3) is 0.167. The molecule has 0 fully saturated rings. The summed E-state index contributed by atoms with van der Waals surface area (Å²) in [6.07, 6.45) is 3.55. The minimum atomic E-state index is -1.09. The van der Waals surface area contributed by atoms with Gasteiger partial charge in [-0.2, -0.15) is 0 Å². The van der Waals surface area contributed by atoms with Crippen molar-refractivity contribution in [2.24, 2.45) is 5.16 Å². The van der Waals surface area contributed by atoms with Gasteiger partial charge in [-0.25, -0.2) is 4.79 Å². The van der Waals surface area contributed by atoms with Crippen molar-refractivity contribution in [1.82, 2.24) is 0 Å². The number of hydrogen-bond donors (Lipinski definition) is 2. The molecule has 0 aliphatic heterocycles. The van der Waals surface area contributed by atoms with Crippen molar-refractivity contribution >= 4 is 23.4 Å². The van der Waals surface area contributed by atoms with E-state index in [1.165, 1.54) is 6.92 Å². The summed E-state index contributed by atoms with van der Waals surface area (Å²) in [4.78, 5) is 15.2. The van der Waals surface area contributed by atoms with Crippen molar-refractivity contribution in [2.75, 3.05) is 12.3 Å². The molecule has 0 atom stereocenters. The van der Waals surface area contributed by atoms with Crippen LogP contribution in [0.3, 0.4) is 0 Å². The number of nitrogen functional groups attached to an aromatic ring is 1. The topological polar surface area (TPSA) is 84.9 Å². The third kappa shape index (κ3) is 4.83. The maximum Gasteiger partial charge on any atom is 0.353 e. The molecule has 0 heterocycles. The van der Waals surface area contributed by atoms with E-state index < -0.39 is 5.97 Å². The number of rotatable bonds is 5. The Morgan fingerprint density at radius 2 is 2.35 bits per heavy atom. The molecule has 5 heteroatoms. The summed E-state index contributed by atoms with van der Waals surface area (Å²) in [5.41, 5.74) is 7.17. The van der Waals surface area contributed by atoms with Gasteiger partial charge in [-0.3, -0.25) is 0 Å². The smallest absolute Gasteiger partial charge is 0.353 e. The number of aliphatic carboxylic acids is 1. The van der Waals surface area contributed by atoms with Gasteiger partial charge >= 0.3 is 5.97 Å². The molecule has 3 N–H and O–H groups in total. The molecule has 17 heavy (non-hydrogen) atoms. The van der Waals surface area contributed by atoms with E-state index in [9.17, 15) is 4.79 Å². The van der Waals surface area contributed by atoms with Gasteiger partial charge in [0.25, 0.3) is 0 Å². The Kier molecular flexibility index (Phi) is 4.75. The van der Waals surface area contributed by atoms with Crippen LogP contribution in [0, 0.1) is 0 Å². The van der Waals surface area contributed by atoms with Crippen LogP contribution in [-0.4, -0.2) is 23.4 Å². The van der Waals surface area contributed by atoms with Gasteiger partial charge in [0.1, 0.15) is 6.61 Å². The second-order valence-electron chi connectivity index (χ2n) is 3.35. The lowest BCUT2D eigenvalue weighted by atomic mass is 10.2. The van der Waals surface area contributed by atoms with E-state index in [1.807, 2.05) is 24.3 Å². The third-order valence-corrected chi connectivity index (χ3v) is 1.90. The molecular weight excluding hydrogens is 220 g/mol. The zero-order valence-corrected chi connectivity index (χ0v) is 9.46. The second-order valence-corrected chi connectivity index (χ2v) is 3.35. The fourth-order valence-electron chi connectivity index (χ4n) is 1.06. The van der Waals surface area contributed by atoms with Crippen LogP contribution in [0.25, 0.3) is 6.08 Å². The van der Waals surface area contributed by atoms with Crippen molar-refractivity contribution in [1.29, 1.82) is 0 Å². The molecule has 0 saturated heterocycles. The van der Waals surface area contributed by atoms with Crippen molar-refractivity contribution in [3.05, 3.63) is 35.9 Å². The van der Waals surface area contributed by atoms with Crippen LogP contribution in [0.4, 0.5) is 5.69 Å². The fourth-order valence-corrected chi connectivity index (χ4v) is 1.06. The number of nitrogens with zero attached hydrogens (tertiary/aromatic N) is 1. The number of carboxylic acids is 1. The average molecular weight is 234 g/mol. The summed E-state index contributed by atoms with van der Waals surface area (Å²) in [5.74, 6) is -1.09. The molecule has 1 aromatic carbocycles. The highest BCUT2D eigenvalue weighted by Crippen LogP contribution is 2.07. The van der Waals surface area contributed by atoms with E-state index in [0.717, 1.165) is 5.56 Å². The van der Waals surface area contributed by atoms with Gasteiger partial charge in [-0.05, 0) is 30.7 Å². The van der Waals surface area contributed by atoms with Gasteiger partial charge in [0.15, 0.2) is 5.71 Å². The lowest BCUT2D eigenvalue weighted by Gasteiger charge is -1.96. The Labute approximate surface area is 99.2 Å². The molecule has 0 bridgehead atoms. The predicted octanol–water partition coefficient (Wildman–Crippen LogP) is 1.76. The highest BCUT2D eigenvalue weighted by molar-refractivity contribution is 6.34. The molecule has 1 aromatic rings. The Morgan fingerprint density at radius 1 is 1.59 bits per heavy atom. The lowest BCUT2D eigenvalue weighted by Crippen LogP contribution is -2.08. The maximum absolute atomic E-state index is 10.4. The number of hydrogen-bond acceptors (Lipinski definition) is 4. The Bertz CT molecular complexity index is 453. The van der Waals surface area contributed by atoms with Gasteiger partial charge in [0, 0.05) is 5.69 Å². The molecule has 90 valence electrons. The molecule has 0 unspecified atom stereocenters. The van der Waals surface area contributed by atoms with E-state index in [-0.39, 0.29) is 12.3 Å².